The first-order valence-electron chi connectivity index (χ1n) is 6.16. The molecule has 0 radical (unpaired) electrons. The van der Waals surface area contributed by atoms with Crippen molar-refractivity contribution in [2.75, 3.05) is 6.61 Å². The summed E-state index contributed by atoms with van der Waals surface area (Å²) >= 11 is 2.21. The second-order valence-electron chi connectivity index (χ2n) is 4.72. The Balaban J connectivity index is 2.17. The molecule has 0 spiro atoms. The van der Waals surface area contributed by atoms with Crippen molar-refractivity contribution >= 4 is 33.5 Å². The Bertz CT molecular complexity index is 588. The smallest absolute Gasteiger partial charge is 0.150 e. The van der Waals surface area contributed by atoms with Crippen molar-refractivity contribution in [3.63, 3.8) is 0 Å². The number of hydrogen-bond donors (Lipinski definition) is 1. The summed E-state index contributed by atoms with van der Waals surface area (Å²) in [5.41, 5.74) is 2.11. The molecule has 1 aromatic carbocycles. The highest BCUT2D eigenvalue weighted by molar-refractivity contribution is 14.1. The third kappa shape index (κ3) is 1.99. The van der Waals surface area contributed by atoms with Gasteiger partial charge in [0.1, 0.15) is 9.45 Å². The van der Waals surface area contributed by atoms with Crippen LogP contribution in [0.25, 0.3) is 10.9 Å². The van der Waals surface area contributed by atoms with Crippen LogP contribution in [-0.2, 0) is 4.74 Å². The first-order valence-corrected chi connectivity index (χ1v) is 7.23. The van der Waals surface area contributed by atoms with Crippen molar-refractivity contribution in [1.29, 1.82) is 0 Å². The fourth-order valence-electron chi connectivity index (χ4n) is 2.55. The fraction of sp³-hybridized carbons (Fsp3) is 0.462. The molecule has 3 rings (SSSR count). The summed E-state index contributed by atoms with van der Waals surface area (Å²) in [7, 11) is 0. The minimum atomic E-state index is 0.0352. The summed E-state index contributed by atoms with van der Waals surface area (Å²) in [6, 6.07) is 3.55. The first kappa shape index (κ1) is 12.2. The predicted octanol–water partition coefficient (Wildman–Crippen LogP) is 3.35. The first-order chi connectivity index (χ1) is 8.66. The number of fused-ring (bicyclic) bond motifs is 1. The van der Waals surface area contributed by atoms with Crippen LogP contribution in [0.1, 0.15) is 31.1 Å². The van der Waals surface area contributed by atoms with E-state index in [0.29, 0.717) is 5.75 Å². The Kier molecular flexibility index (Phi) is 3.19. The van der Waals surface area contributed by atoms with Crippen LogP contribution in [0, 0.1) is 10.6 Å². The molecule has 0 aliphatic carbocycles. The summed E-state index contributed by atoms with van der Waals surface area (Å²) < 4.78 is 8.70. The topological polar surface area (TPSA) is 47.3 Å². The number of hydrogen-bond acceptors (Lipinski definition) is 3. The van der Waals surface area contributed by atoms with E-state index >= 15 is 0 Å². The average Bonchev–Trinajstić information content (AvgIpc) is 2.68. The highest BCUT2D eigenvalue weighted by Gasteiger charge is 2.21. The van der Waals surface area contributed by atoms with Crippen molar-refractivity contribution in [3.05, 3.63) is 21.4 Å². The van der Waals surface area contributed by atoms with Gasteiger partial charge in [-0.1, -0.05) is 0 Å². The molecule has 96 valence electrons. The maximum Gasteiger partial charge on any atom is 0.150 e. The molecule has 1 N–H and O–H groups in total. The van der Waals surface area contributed by atoms with E-state index in [0.717, 1.165) is 39.6 Å². The highest BCUT2D eigenvalue weighted by Crippen LogP contribution is 2.32. The van der Waals surface area contributed by atoms with E-state index in [1.54, 1.807) is 12.1 Å². The molecule has 0 bridgehead atoms. The quantitative estimate of drug-likeness (QED) is 0.796. The molecule has 1 aromatic heterocycles. The zero-order valence-corrected chi connectivity index (χ0v) is 12.3. The number of aryl methyl sites for hydroxylation is 1. The number of nitrogens with zero attached hydrogens (tertiary/aromatic N) is 2. The molecule has 0 amide bonds. The van der Waals surface area contributed by atoms with Gasteiger partial charge in [0.2, 0.25) is 0 Å². The van der Waals surface area contributed by atoms with Crippen molar-refractivity contribution in [2.45, 2.75) is 32.4 Å². The minimum absolute atomic E-state index is 0.0352. The lowest BCUT2D eigenvalue weighted by atomic mass is 10.1. The molecule has 0 saturated carbocycles. The largest absolute Gasteiger partial charge is 0.508 e. The van der Waals surface area contributed by atoms with Crippen molar-refractivity contribution in [2.24, 2.45) is 0 Å². The van der Waals surface area contributed by atoms with Crippen molar-refractivity contribution < 1.29 is 9.84 Å². The molecular weight excluding hydrogens is 343 g/mol. The second kappa shape index (κ2) is 4.70. The maximum absolute atomic E-state index is 9.68. The van der Waals surface area contributed by atoms with Gasteiger partial charge in [-0.15, -0.1) is 0 Å². The van der Waals surface area contributed by atoms with Gasteiger partial charge in [0, 0.05) is 12.0 Å². The summed E-state index contributed by atoms with van der Waals surface area (Å²) in [5, 5.41) is 15.3. The summed E-state index contributed by atoms with van der Waals surface area (Å²) in [6.45, 7) is 2.80. The van der Waals surface area contributed by atoms with Gasteiger partial charge in [-0.25, -0.2) is 4.68 Å². The molecular formula is C13H15IN2O2. The number of halogens is 1. The van der Waals surface area contributed by atoms with Gasteiger partial charge in [0.25, 0.3) is 0 Å². The molecule has 1 unspecified atom stereocenters. The zero-order chi connectivity index (χ0) is 12.7. The van der Waals surface area contributed by atoms with Crippen molar-refractivity contribution in [1.82, 2.24) is 9.78 Å². The normalized spacial score (nSPS) is 20.4. The summed E-state index contributed by atoms with van der Waals surface area (Å²) in [4.78, 5) is 0. The van der Waals surface area contributed by atoms with Crippen LogP contribution in [0.5, 0.6) is 5.75 Å². The monoisotopic (exact) mass is 358 g/mol. The predicted molar refractivity (Wildman–Crippen MR) is 77.7 cm³/mol. The fourth-order valence-corrected chi connectivity index (χ4v) is 3.19. The Labute approximate surface area is 119 Å². The van der Waals surface area contributed by atoms with E-state index < -0.39 is 0 Å². The van der Waals surface area contributed by atoms with E-state index in [2.05, 4.69) is 27.7 Å². The van der Waals surface area contributed by atoms with Crippen LogP contribution >= 0.6 is 22.6 Å². The van der Waals surface area contributed by atoms with Gasteiger partial charge in [-0.2, -0.15) is 5.10 Å². The molecule has 18 heavy (non-hydrogen) atoms. The summed E-state index contributed by atoms with van der Waals surface area (Å²) in [6.07, 6.45) is 3.35. The molecule has 2 heterocycles. The average molecular weight is 358 g/mol. The van der Waals surface area contributed by atoms with Crippen LogP contribution in [0.15, 0.2) is 12.1 Å². The van der Waals surface area contributed by atoms with E-state index in [9.17, 15) is 5.11 Å². The van der Waals surface area contributed by atoms with Gasteiger partial charge < -0.3 is 9.84 Å². The second-order valence-corrected chi connectivity index (χ2v) is 5.74. The standard InChI is InChI=1S/C13H15IN2O2/c1-8-6-9(17)7-10-12(8)16(15-13(10)14)11-4-2-3-5-18-11/h6-7,11,17H,2-5H2,1H3. The van der Waals surface area contributed by atoms with Gasteiger partial charge in [0.05, 0.1) is 5.52 Å². The van der Waals surface area contributed by atoms with Gasteiger partial charge in [-0.3, -0.25) is 0 Å². The number of phenolic OH excluding ortho intramolecular Hbond substituents is 1. The molecule has 1 fully saturated rings. The number of aromatic nitrogens is 2. The molecule has 4 nitrogen and oxygen atoms in total. The van der Waals surface area contributed by atoms with Crippen LogP contribution < -0.4 is 0 Å². The lowest BCUT2D eigenvalue weighted by Crippen LogP contribution is -2.19. The minimum Gasteiger partial charge on any atom is -0.508 e. The number of rotatable bonds is 1. The summed E-state index contributed by atoms with van der Waals surface area (Å²) in [5.74, 6) is 0.294. The molecule has 1 atom stereocenters. The molecule has 1 aliphatic heterocycles. The van der Waals surface area contributed by atoms with Gasteiger partial charge in [0.15, 0.2) is 6.23 Å². The number of benzene rings is 1. The van der Waals surface area contributed by atoms with Crippen molar-refractivity contribution in [3.8, 4) is 5.75 Å². The van der Waals surface area contributed by atoms with Crippen LogP contribution in [0.2, 0.25) is 0 Å². The Morgan fingerprint density at radius 2 is 2.28 bits per heavy atom. The van der Waals surface area contributed by atoms with Crippen LogP contribution in [0.3, 0.4) is 0 Å². The van der Waals surface area contributed by atoms with Gasteiger partial charge in [-0.05, 0) is 66.5 Å². The van der Waals surface area contributed by atoms with Crippen LogP contribution in [-0.4, -0.2) is 21.5 Å². The van der Waals surface area contributed by atoms with E-state index in [1.807, 2.05) is 11.6 Å². The Morgan fingerprint density at radius 3 is 3.00 bits per heavy atom. The zero-order valence-electron chi connectivity index (χ0n) is 10.2. The number of aromatic hydroxyl groups is 1. The third-order valence-corrected chi connectivity index (χ3v) is 4.16. The molecule has 1 saturated heterocycles. The van der Waals surface area contributed by atoms with E-state index in [1.165, 1.54) is 6.42 Å². The van der Waals surface area contributed by atoms with Crippen LogP contribution in [0.4, 0.5) is 0 Å². The highest BCUT2D eigenvalue weighted by atomic mass is 127. The lowest BCUT2D eigenvalue weighted by molar-refractivity contribution is -0.0369. The Morgan fingerprint density at radius 1 is 1.44 bits per heavy atom. The number of ether oxygens (including phenoxy) is 1. The lowest BCUT2D eigenvalue weighted by Gasteiger charge is -2.23. The SMILES string of the molecule is Cc1cc(O)cc2c(I)nn(C3CCCCO3)c12. The van der Waals surface area contributed by atoms with E-state index in [4.69, 9.17) is 4.74 Å². The number of phenols is 1. The molecule has 5 heteroatoms. The van der Waals surface area contributed by atoms with Gasteiger partial charge >= 0.3 is 0 Å². The Hall–Kier alpha value is -0.820. The molecule has 2 aromatic rings. The molecule has 1 aliphatic rings. The third-order valence-electron chi connectivity index (χ3n) is 3.36. The maximum atomic E-state index is 9.68. The van der Waals surface area contributed by atoms with E-state index in [-0.39, 0.29) is 6.23 Å².